The molecule has 0 spiro atoms. The third kappa shape index (κ3) is 5.53. The number of rotatable bonds is 7. The molecule has 5 rings (SSSR count). The zero-order valence-electron chi connectivity index (χ0n) is 20.7. The average Bonchev–Trinajstić information content (AvgIpc) is 2.92. The number of urea groups is 1. The van der Waals surface area contributed by atoms with Gasteiger partial charge in [0.05, 0.1) is 16.8 Å². The molecule has 0 saturated carbocycles. The van der Waals surface area contributed by atoms with Crippen LogP contribution in [0.3, 0.4) is 0 Å². The van der Waals surface area contributed by atoms with E-state index in [0.717, 1.165) is 21.2 Å². The van der Waals surface area contributed by atoms with Crippen molar-refractivity contribution in [2.45, 2.75) is 13.5 Å². The number of halogens is 2. The summed E-state index contributed by atoms with van der Waals surface area (Å²) in [6.45, 7) is 2.52. The quantitative estimate of drug-likeness (QED) is 0.183. The number of fused-ring (bicyclic) bond motifs is 1. The van der Waals surface area contributed by atoms with E-state index in [0.29, 0.717) is 39.8 Å². The zero-order chi connectivity index (χ0) is 27.5. The number of hydrogen-bond donors (Lipinski definition) is 1. The summed E-state index contributed by atoms with van der Waals surface area (Å²) in [5, 5.41) is 4.88. The Morgan fingerprint density at radius 3 is 2.46 bits per heavy atom. The SMILES string of the molecule is CCOc1cc(/C=C2\C(=O)NC(=O)N(c3ccc(Cl)cc3)C2=O)cc(Br)c1OCc1cccc2ccccc12. The average molecular weight is 606 g/mol. The maximum atomic E-state index is 13.2. The molecule has 9 heteroatoms. The van der Waals surface area contributed by atoms with Gasteiger partial charge >= 0.3 is 6.03 Å². The van der Waals surface area contributed by atoms with Crippen LogP contribution in [-0.4, -0.2) is 24.5 Å². The monoisotopic (exact) mass is 604 g/mol. The Balaban J connectivity index is 1.46. The number of nitrogens with one attached hydrogen (secondary N) is 1. The minimum atomic E-state index is -0.835. The number of anilines is 1. The molecule has 196 valence electrons. The molecule has 1 saturated heterocycles. The molecule has 1 aliphatic heterocycles. The molecular weight excluding hydrogens is 584 g/mol. The van der Waals surface area contributed by atoms with Gasteiger partial charge in [-0.25, -0.2) is 9.69 Å². The number of imide groups is 2. The van der Waals surface area contributed by atoms with Crippen molar-refractivity contribution < 1.29 is 23.9 Å². The number of nitrogens with zero attached hydrogens (tertiary/aromatic N) is 1. The topological polar surface area (TPSA) is 84.9 Å². The van der Waals surface area contributed by atoms with Gasteiger partial charge in [0.1, 0.15) is 12.2 Å². The Morgan fingerprint density at radius 1 is 0.949 bits per heavy atom. The van der Waals surface area contributed by atoms with Crippen molar-refractivity contribution in [2.75, 3.05) is 11.5 Å². The van der Waals surface area contributed by atoms with Gasteiger partial charge in [-0.2, -0.15) is 0 Å². The van der Waals surface area contributed by atoms with Gasteiger partial charge in [0, 0.05) is 5.02 Å². The van der Waals surface area contributed by atoms with Crippen molar-refractivity contribution in [3.05, 3.63) is 105 Å². The molecule has 7 nitrogen and oxygen atoms in total. The van der Waals surface area contributed by atoms with Crippen molar-refractivity contribution in [3.63, 3.8) is 0 Å². The molecule has 4 amide bonds. The Morgan fingerprint density at radius 2 is 1.69 bits per heavy atom. The molecule has 4 aromatic rings. The Labute approximate surface area is 238 Å². The normalized spacial score (nSPS) is 14.6. The number of carbonyl (C=O) groups excluding carboxylic acids is 3. The number of carbonyl (C=O) groups is 3. The number of barbiturate groups is 1. The molecule has 0 bridgehead atoms. The van der Waals surface area contributed by atoms with Gasteiger partial charge < -0.3 is 9.47 Å². The maximum Gasteiger partial charge on any atom is 0.335 e. The van der Waals surface area contributed by atoms with E-state index >= 15 is 0 Å². The second-order valence-electron chi connectivity index (χ2n) is 8.62. The second kappa shape index (κ2) is 11.3. The largest absolute Gasteiger partial charge is 0.490 e. The van der Waals surface area contributed by atoms with Gasteiger partial charge in [0.2, 0.25) is 0 Å². The first kappa shape index (κ1) is 26.5. The first-order valence-electron chi connectivity index (χ1n) is 12.1. The van der Waals surface area contributed by atoms with Crippen LogP contribution in [-0.2, 0) is 16.2 Å². The predicted molar refractivity (Wildman–Crippen MR) is 154 cm³/mol. The maximum absolute atomic E-state index is 13.2. The van der Waals surface area contributed by atoms with Crippen molar-refractivity contribution in [1.29, 1.82) is 0 Å². The third-order valence-electron chi connectivity index (χ3n) is 6.08. The van der Waals surface area contributed by atoms with Crippen LogP contribution in [0.5, 0.6) is 11.5 Å². The molecule has 0 atom stereocenters. The summed E-state index contributed by atoms with van der Waals surface area (Å²) >= 11 is 9.49. The molecule has 1 heterocycles. The highest BCUT2D eigenvalue weighted by molar-refractivity contribution is 9.10. The van der Waals surface area contributed by atoms with Crippen LogP contribution in [0.25, 0.3) is 16.8 Å². The fourth-order valence-electron chi connectivity index (χ4n) is 4.29. The lowest BCUT2D eigenvalue weighted by molar-refractivity contribution is -0.122. The summed E-state index contributed by atoms with van der Waals surface area (Å²) in [6.07, 6.45) is 1.41. The lowest BCUT2D eigenvalue weighted by Crippen LogP contribution is -2.54. The van der Waals surface area contributed by atoms with Crippen LogP contribution in [0.15, 0.2) is 88.9 Å². The lowest BCUT2D eigenvalue weighted by atomic mass is 10.1. The molecule has 4 aromatic carbocycles. The van der Waals surface area contributed by atoms with E-state index in [9.17, 15) is 14.4 Å². The molecule has 1 fully saturated rings. The van der Waals surface area contributed by atoms with Crippen LogP contribution in [0.2, 0.25) is 5.02 Å². The predicted octanol–water partition coefficient (Wildman–Crippen LogP) is 6.90. The fourth-order valence-corrected chi connectivity index (χ4v) is 4.99. The van der Waals surface area contributed by atoms with Crippen molar-refractivity contribution in [1.82, 2.24) is 5.32 Å². The van der Waals surface area contributed by atoms with E-state index in [1.165, 1.54) is 18.2 Å². The first-order chi connectivity index (χ1) is 18.9. The van der Waals surface area contributed by atoms with Crippen LogP contribution in [0, 0.1) is 0 Å². The Hall–Kier alpha value is -4.14. The summed E-state index contributed by atoms with van der Waals surface area (Å²) in [5.74, 6) is -0.616. The smallest absolute Gasteiger partial charge is 0.335 e. The first-order valence-corrected chi connectivity index (χ1v) is 13.3. The van der Waals surface area contributed by atoms with E-state index in [1.807, 2.05) is 49.4 Å². The molecule has 1 aliphatic rings. The van der Waals surface area contributed by atoms with Crippen LogP contribution in [0.4, 0.5) is 10.5 Å². The highest BCUT2D eigenvalue weighted by atomic mass is 79.9. The van der Waals surface area contributed by atoms with Gasteiger partial charge in [-0.1, -0.05) is 54.1 Å². The number of amides is 4. The van der Waals surface area contributed by atoms with Gasteiger partial charge in [-0.3, -0.25) is 14.9 Å². The van der Waals surface area contributed by atoms with Crippen LogP contribution < -0.4 is 19.7 Å². The molecule has 0 aliphatic carbocycles. The molecule has 1 N–H and O–H groups in total. The van der Waals surface area contributed by atoms with Crippen molar-refractivity contribution in [3.8, 4) is 11.5 Å². The number of ether oxygens (including phenoxy) is 2. The van der Waals surface area contributed by atoms with Crippen LogP contribution >= 0.6 is 27.5 Å². The van der Waals surface area contributed by atoms with Gasteiger partial charge in [0.15, 0.2) is 11.5 Å². The van der Waals surface area contributed by atoms with Gasteiger partial charge in [-0.05, 0) is 87.2 Å². The summed E-state index contributed by atoms with van der Waals surface area (Å²) in [4.78, 5) is 39.3. The summed E-state index contributed by atoms with van der Waals surface area (Å²) in [6, 6.07) is 22.9. The van der Waals surface area contributed by atoms with E-state index in [4.69, 9.17) is 21.1 Å². The Bertz CT molecular complexity index is 1630. The van der Waals surface area contributed by atoms with E-state index in [-0.39, 0.29) is 11.3 Å². The third-order valence-corrected chi connectivity index (χ3v) is 6.92. The highest BCUT2D eigenvalue weighted by Crippen LogP contribution is 2.38. The Kier molecular flexibility index (Phi) is 7.67. The molecular formula is C30H22BrClN2O5. The van der Waals surface area contributed by atoms with Gasteiger partial charge in [-0.15, -0.1) is 0 Å². The molecule has 0 aromatic heterocycles. The van der Waals surface area contributed by atoms with E-state index < -0.39 is 17.8 Å². The standard InChI is InChI=1S/C30H22BrClN2O5/c1-2-38-26-16-18(14-24-28(35)33-30(37)34(29(24)36)22-12-10-21(32)11-13-22)15-25(31)27(26)39-17-20-8-5-7-19-6-3-4-9-23(19)20/h3-16H,2,17H2,1H3,(H,33,35,37)/b24-14+. The van der Waals surface area contributed by atoms with Crippen molar-refractivity contribution in [2.24, 2.45) is 0 Å². The lowest BCUT2D eigenvalue weighted by Gasteiger charge is -2.26. The van der Waals surface area contributed by atoms with Gasteiger partial charge in [0.25, 0.3) is 11.8 Å². The van der Waals surface area contributed by atoms with E-state index in [2.05, 4.69) is 21.2 Å². The molecule has 0 radical (unpaired) electrons. The molecule has 39 heavy (non-hydrogen) atoms. The summed E-state index contributed by atoms with van der Waals surface area (Å²) < 4.78 is 12.6. The summed E-state index contributed by atoms with van der Waals surface area (Å²) in [7, 11) is 0. The van der Waals surface area contributed by atoms with Crippen LogP contribution in [0.1, 0.15) is 18.1 Å². The fraction of sp³-hybridized carbons (Fsp3) is 0.100. The zero-order valence-corrected chi connectivity index (χ0v) is 23.1. The van der Waals surface area contributed by atoms with Crippen molar-refractivity contribution >= 4 is 67.9 Å². The minimum Gasteiger partial charge on any atom is -0.490 e. The number of benzene rings is 4. The minimum absolute atomic E-state index is 0.205. The molecule has 0 unspecified atom stereocenters. The van der Waals surface area contributed by atoms with E-state index in [1.54, 1.807) is 24.3 Å². The number of hydrogen-bond acceptors (Lipinski definition) is 5. The second-order valence-corrected chi connectivity index (χ2v) is 9.91. The summed E-state index contributed by atoms with van der Waals surface area (Å²) in [5.41, 5.74) is 1.61. The highest BCUT2D eigenvalue weighted by Gasteiger charge is 2.36.